The predicted octanol–water partition coefficient (Wildman–Crippen LogP) is 5.48. The zero-order chi connectivity index (χ0) is 18.8. The van der Waals surface area contributed by atoms with E-state index in [1.807, 2.05) is 51.1 Å². The zero-order valence-corrected chi connectivity index (χ0v) is 16.2. The molecular formula is C20H18Cl2N2O2. The van der Waals surface area contributed by atoms with Crippen molar-refractivity contribution in [2.24, 2.45) is 0 Å². The largest absolute Gasteiger partial charge is 0.480 e. The Hall–Kier alpha value is -2.30. The van der Waals surface area contributed by atoms with E-state index < -0.39 is 0 Å². The molecule has 1 N–H and O–H groups in total. The smallest absolute Gasteiger partial charge is 0.262 e. The highest BCUT2D eigenvalue weighted by Gasteiger charge is 2.15. The first kappa shape index (κ1) is 18.5. The molecule has 6 heteroatoms. The number of aryl methyl sites for hydroxylation is 3. The third-order valence-corrected chi connectivity index (χ3v) is 4.57. The van der Waals surface area contributed by atoms with Crippen LogP contribution in [0.3, 0.4) is 0 Å². The minimum atomic E-state index is -0.274. The van der Waals surface area contributed by atoms with Crippen molar-refractivity contribution in [3.05, 3.63) is 63.3 Å². The number of anilines is 1. The lowest BCUT2D eigenvalue weighted by molar-refractivity contribution is -0.118. The van der Waals surface area contributed by atoms with Crippen LogP contribution in [0, 0.1) is 20.8 Å². The molecule has 3 aromatic rings. The van der Waals surface area contributed by atoms with E-state index >= 15 is 0 Å². The van der Waals surface area contributed by atoms with Crippen LogP contribution in [0.4, 0.5) is 5.69 Å². The molecule has 2 aromatic carbocycles. The van der Waals surface area contributed by atoms with Crippen LogP contribution in [0.15, 0.2) is 36.4 Å². The molecule has 0 bridgehead atoms. The number of hydrogen-bond donors (Lipinski definition) is 1. The molecule has 4 nitrogen and oxygen atoms in total. The minimum absolute atomic E-state index is 0.181. The van der Waals surface area contributed by atoms with Crippen LogP contribution in [0.2, 0.25) is 10.0 Å². The number of nitrogens with one attached hydrogen (secondary N) is 1. The van der Waals surface area contributed by atoms with Gasteiger partial charge in [-0.3, -0.25) is 4.79 Å². The first-order valence-electron chi connectivity index (χ1n) is 8.10. The van der Waals surface area contributed by atoms with E-state index in [2.05, 4.69) is 10.3 Å². The van der Waals surface area contributed by atoms with E-state index in [4.69, 9.17) is 27.9 Å². The summed E-state index contributed by atoms with van der Waals surface area (Å²) in [6.07, 6.45) is 0. The SMILES string of the molecule is Cc1ccc(NC(=O)COc2c(Cl)cc(Cl)c3ccc(C)nc23)c(C)c1. The molecule has 0 saturated heterocycles. The van der Waals surface area contributed by atoms with Crippen LogP contribution in [0.25, 0.3) is 10.9 Å². The van der Waals surface area contributed by atoms with Gasteiger partial charge < -0.3 is 10.1 Å². The van der Waals surface area contributed by atoms with E-state index in [1.165, 1.54) is 0 Å². The van der Waals surface area contributed by atoms with Crippen LogP contribution >= 0.6 is 23.2 Å². The van der Waals surface area contributed by atoms with Gasteiger partial charge in [0.25, 0.3) is 5.91 Å². The Morgan fingerprint density at radius 1 is 1.08 bits per heavy atom. The number of pyridine rings is 1. The van der Waals surface area contributed by atoms with Gasteiger partial charge in [0.05, 0.1) is 10.0 Å². The molecule has 0 aliphatic rings. The van der Waals surface area contributed by atoms with Crippen molar-refractivity contribution < 1.29 is 9.53 Å². The Kier molecular flexibility index (Phi) is 5.35. The maximum atomic E-state index is 12.3. The van der Waals surface area contributed by atoms with Crippen molar-refractivity contribution in [3.63, 3.8) is 0 Å². The van der Waals surface area contributed by atoms with Crippen LogP contribution < -0.4 is 10.1 Å². The van der Waals surface area contributed by atoms with Gasteiger partial charge in [0.2, 0.25) is 0 Å². The summed E-state index contributed by atoms with van der Waals surface area (Å²) in [6.45, 7) is 5.63. The molecule has 0 atom stereocenters. The van der Waals surface area contributed by atoms with Gasteiger partial charge in [-0.15, -0.1) is 0 Å². The van der Waals surface area contributed by atoms with Gasteiger partial charge in [0.1, 0.15) is 5.52 Å². The number of carbonyl (C=O) groups excluding carboxylic acids is 1. The lowest BCUT2D eigenvalue weighted by Crippen LogP contribution is -2.21. The van der Waals surface area contributed by atoms with Gasteiger partial charge in [-0.25, -0.2) is 4.98 Å². The molecule has 0 fully saturated rings. The molecule has 26 heavy (non-hydrogen) atoms. The molecule has 0 unspecified atom stereocenters. The van der Waals surface area contributed by atoms with E-state index in [0.29, 0.717) is 21.3 Å². The maximum Gasteiger partial charge on any atom is 0.262 e. The highest BCUT2D eigenvalue weighted by atomic mass is 35.5. The molecule has 134 valence electrons. The molecule has 0 spiro atoms. The average molecular weight is 389 g/mol. The third-order valence-electron chi connectivity index (χ3n) is 3.98. The van der Waals surface area contributed by atoms with E-state index in [9.17, 15) is 4.79 Å². The minimum Gasteiger partial charge on any atom is -0.480 e. The highest BCUT2D eigenvalue weighted by Crippen LogP contribution is 2.37. The molecular weight excluding hydrogens is 371 g/mol. The fourth-order valence-electron chi connectivity index (χ4n) is 2.71. The third kappa shape index (κ3) is 3.92. The van der Waals surface area contributed by atoms with E-state index in [0.717, 1.165) is 27.9 Å². The molecule has 1 heterocycles. The number of halogens is 2. The number of hydrogen-bond acceptors (Lipinski definition) is 3. The second kappa shape index (κ2) is 7.52. The summed E-state index contributed by atoms with van der Waals surface area (Å²) < 4.78 is 5.69. The molecule has 1 aromatic heterocycles. The normalized spacial score (nSPS) is 10.8. The molecule has 3 rings (SSSR count). The number of carbonyl (C=O) groups is 1. The summed E-state index contributed by atoms with van der Waals surface area (Å²) in [5, 5.41) is 4.38. The number of aromatic nitrogens is 1. The van der Waals surface area contributed by atoms with Crippen LogP contribution in [0.1, 0.15) is 16.8 Å². The van der Waals surface area contributed by atoms with Crippen molar-refractivity contribution in [2.45, 2.75) is 20.8 Å². The molecule has 1 amide bonds. The highest BCUT2D eigenvalue weighted by molar-refractivity contribution is 6.39. The summed E-state index contributed by atoms with van der Waals surface area (Å²) in [5.41, 5.74) is 4.23. The molecule has 0 aliphatic heterocycles. The van der Waals surface area contributed by atoms with Gasteiger partial charge in [0.15, 0.2) is 12.4 Å². The van der Waals surface area contributed by atoms with Crippen molar-refractivity contribution >= 4 is 45.7 Å². The van der Waals surface area contributed by atoms with E-state index in [1.54, 1.807) is 6.07 Å². The summed E-state index contributed by atoms with van der Waals surface area (Å²) in [5.74, 6) is 0.0781. The van der Waals surface area contributed by atoms with Crippen LogP contribution in [-0.2, 0) is 4.79 Å². The second-order valence-electron chi connectivity index (χ2n) is 6.17. The fourth-order valence-corrected chi connectivity index (χ4v) is 3.28. The summed E-state index contributed by atoms with van der Waals surface area (Å²) in [7, 11) is 0. The van der Waals surface area contributed by atoms with Gasteiger partial charge in [-0.2, -0.15) is 0 Å². The molecule has 0 aliphatic carbocycles. The average Bonchev–Trinajstić information content (AvgIpc) is 2.57. The van der Waals surface area contributed by atoms with E-state index in [-0.39, 0.29) is 12.5 Å². The molecule has 0 saturated carbocycles. The monoisotopic (exact) mass is 388 g/mol. The number of amides is 1. The van der Waals surface area contributed by atoms with Gasteiger partial charge in [-0.05, 0) is 50.6 Å². The van der Waals surface area contributed by atoms with Crippen molar-refractivity contribution in [1.29, 1.82) is 0 Å². The quantitative estimate of drug-likeness (QED) is 0.643. The number of benzene rings is 2. The first-order valence-corrected chi connectivity index (χ1v) is 8.86. The number of nitrogens with zero attached hydrogens (tertiary/aromatic N) is 1. The van der Waals surface area contributed by atoms with Gasteiger partial charge in [0, 0.05) is 16.8 Å². The lowest BCUT2D eigenvalue weighted by Gasteiger charge is -2.13. The first-order chi connectivity index (χ1) is 12.3. The fraction of sp³-hybridized carbons (Fsp3) is 0.200. The lowest BCUT2D eigenvalue weighted by atomic mass is 10.1. The van der Waals surface area contributed by atoms with Crippen LogP contribution in [0.5, 0.6) is 5.75 Å². The standard InChI is InChI=1S/C20H18Cl2N2O2/c1-11-4-7-17(12(2)8-11)24-18(25)10-26-20-16(22)9-15(21)14-6-5-13(3)23-19(14)20/h4-9H,10H2,1-3H3,(H,24,25). The Morgan fingerprint density at radius 2 is 1.85 bits per heavy atom. The van der Waals surface area contributed by atoms with Crippen LogP contribution in [-0.4, -0.2) is 17.5 Å². The summed E-state index contributed by atoms with van der Waals surface area (Å²) >= 11 is 12.5. The topological polar surface area (TPSA) is 51.2 Å². The summed E-state index contributed by atoms with van der Waals surface area (Å²) in [6, 6.07) is 11.1. The maximum absolute atomic E-state index is 12.3. The zero-order valence-electron chi connectivity index (χ0n) is 14.7. The van der Waals surface area contributed by atoms with Crippen molar-refractivity contribution in [1.82, 2.24) is 4.98 Å². The van der Waals surface area contributed by atoms with Gasteiger partial charge in [-0.1, -0.05) is 40.9 Å². The van der Waals surface area contributed by atoms with Crippen molar-refractivity contribution in [3.8, 4) is 5.75 Å². The number of rotatable bonds is 4. The Labute approximate surface area is 162 Å². The Bertz CT molecular complexity index is 1000. The Balaban J connectivity index is 1.81. The van der Waals surface area contributed by atoms with Crippen molar-refractivity contribution in [2.75, 3.05) is 11.9 Å². The molecule has 0 radical (unpaired) electrons. The summed E-state index contributed by atoms with van der Waals surface area (Å²) in [4.78, 5) is 16.7. The second-order valence-corrected chi connectivity index (χ2v) is 6.99. The number of fused-ring (bicyclic) bond motifs is 1. The van der Waals surface area contributed by atoms with Gasteiger partial charge >= 0.3 is 0 Å². The number of ether oxygens (including phenoxy) is 1. The Morgan fingerprint density at radius 3 is 2.58 bits per heavy atom. The predicted molar refractivity (Wildman–Crippen MR) is 107 cm³/mol.